The fourth-order valence-electron chi connectivity index (χ4n) is 2.69. The Labute approximate surface area is 148 Å². The Balaban J connectivity index is 1.55. The number of nitrogens with two attached hydrogens (primary N) is 1. The molecule has 2 aromatic heterocycles. The van der Waals surface area contributed by atoms with E-state index in [-0.39, 0.29) is 11.9 Å². The van der Waals surface area contributed by atoms with Gasteiger partial charge in [0.1, 0.15) is 0 Å². The van der Waals surface area contributed by atoms with Gasteiger partial charge in [0.25, 0.3) is 5.91 Å². The number of hydrogen-bond donors (Lipinski definition) is 2. The molecular weight excluding hydrogens is 336 g/mol. The Morgan fingerprint density at radius 3 is 2.92 bits per heavy atom. The van der Waals surface area contributed by atoms with Gasteiger partial charge < -0.3 is 15.6 Å². The van der Waals surface area contributed by atoms with Crippen molar-refractivity contribution in [1.82, 2.24) is 24.8 Å². The second-order valence-corrected chi connectivity index (χ2v) is 6.66. The minimum absolute atomic E-state index is 0.137. The summed E-state index contributed by atoms with van der Waals surface area (Å²) in [6, 6.07) is 9.45. The van der Waals surface area contributed by atoms with Crippen LogP contribution < -0.4 is 11.1 Å². The van der Waals surface area contributed by atoms with Crippen LogP contribution in [-0.2, 0) is 13.1 Å². The number of carbonyl (C=O) groups excluding carboxylic acids is 1. The van der Waals surface area contributed by atoms with E-state index >= 15 is 0 Å². The molecule has 7 nitrogen and oxygen atoms in total. The van der Waals surface area contributed by atoms with Gasteiger partial charge >= 0.3 is 0 Å². The van der Waals surface area contributed by atoms with Crippen molar-refractivity contribution >= 4 is 23.6 Å². The Hall–Kier alpha value is -2.87. The van der Waals surface area contributed by atoms with E-state index in [4.69, 9.17) is 5.73 Å². The molecule has 1 aliphatic rings. The zero-order valence-corrected chi connectivity index (χ0v) is 14.2. The van der Waals surface area contributed by atoms with Crippen molar-refractivity contribution in [1.29, 1.82) is 0 Å². The number of imidazole rings is 1. The highest BCUT2D eigenvalue weighted by atomic mass is 32.2. The van der Waals surface area contributed by atoms with E-state index in [1.165, 1.54) is 6.20 Å². The standard InChI is InChI=1S/C17H16N6OS/c18-16-20-9-13(14(22-16)11-4-2-1-3-5-11)15(24)19-8-12-10-23-6-7-25-17(23)21-12/h1-5,9-10H,6-8H2,(H,19,24)(H2,18,20,22). The molecule has 0 atom stereocenters. The highest BCUT2D eigenvalue weighted by Crippen LogP contribution is 2.25. The predicted molar refractivity (Wildman–Crippen MR) is 96.0 cm³/mol. The third-order valence-electron chi connectivity index (χ3n) is 3.88. The number of amides is 1. The summed E-state index contributed by atoms with van der Waals surface area (Å²) in [5.74, 6) is 0.940. The monoisotopic (exact) mass is 352 g/mol. The van der Waals surface area contributed by atoms with Crippen LogP contribution >= 0.6 is 11.8 Å². The van der Waals surface area contributed by atoms with E-state index in [9.17, 15) is 4.79 Å². The number of carbonyl (C=O) groups is 1. The van der Waals surface area contributed by atoms with E-state index in [0.717, 1.165) is 28.7 Å². The van der Waals surface area contributed by atoms with Gasteiger partial charge in [0.2, 0.25) is 5.95 Å². The van der Waals surface area contributed by atoms with Gasteiger partial charge in [0.05, 0.1) is 23.5 Å². The molecule has 0 bridgehead atoms. The highest BCUT2D eigenvalue weighted by molar-refractivity contribution is 7.99. The molecular formula is C17H16N6OS. The zero-order chi connectivity index (χ0) is 17.2. The lowest BCUT2D eigenvalue weighted by Gasteiger charge is -2.09. The first kappa shape index (κ1) is 15.6. The van der Waals surface area contributed by atoms with Crippen molar-refractivity contribution in [3.05, 3.63) is 54.0 Å². The average Bonchev–Trinajstić information content (AvgIpc) is 3.22. The third-order valence-corrected chi connectivity index (χ3v) is 4.85. The first-order valence-corrected chi connectivity index (χ1v) is 8.84. The number of nitrogens with zero attached hydrogens (tertiary/aromatic N) is 4. The molecule has 0 aliphatic carbocycles. The molecule has 0 unspecified atom stereocenters. The molecule has 3 N–H and O–H groups in total. The summed E-state index contributed by atoms with van der Waals surface area (Å²) in [4.78, 5) is 25.3. The highest BCUT2D eigenvalue weighted by Gasteiger charge is 2.18. The summed E-state index contributed by atoms with van der Waals surface area (Å²) in [6.07, 6.45) is 3.44. The zero-order valence-electron chi connectivity index (χ0n) is 13.3. The average molecular weight is 352 g/mol. The molecule has 1 aromatic carbocycles. The number of fused-ring (bicyclic) bond motifs is 1. The normalized spacial score (nSPS) is 12.8. The molecule has 0 radical (unpaired) electrons. The van der Waals surface area contributed by atoms with E-state index in [1.54, 1.807) is 11.8 Å². The number of nitrogen functional groups attached to an aromatic ring is 1. The molecule has 0 saturated carbocycles. The van der Waals surface area contributed by atoms with Gasteiger partial charge in [-0.25, -0.2) is 15.0 Å². The number of benzene rings is 1. The maximum Gasteiger partial charge on any atom is 0.255 e. The molecule has 1 aliphatic heterocycles. The van der Waals surface area contributed by atoms with Gasteiger partial charge in [-0.15, -0.1) is 0 Å². The van der Waals surface area contributed by atoms with Crippen LogP contribution in [0.3, 0.4) is 0 Å². The minimum Gasteiger partial charge on any atom is -0.368 e. The molecule has 0 fully saturated rings. The van der Waals surface area contributed by atoms with Gasteiger partial charge in [0, 0.05) is 30.3 Å². The fourth-order valence-corrected chi connectivity index (χ4v) is 3.65. The van der Waals surface area contributed by atoms with Crippen LogP contribution in [0.25, 0.3) is 11.3 Å². The first-order chi connectivity index (χ1) is 12.2. The van der Waals surface area contributed by atoms with Crippen molar-refractivity contribution in [2.24, 2.45) is 0 Å². The van der Waals surface area contributed by atoms with Gasteiger partial charge in [-0.1, -0.05) is 42.1 Å². The quantitative estimate of drug-likeness (QED) is 0.745. The number of anilines is 1. The van der Waals surface area contributed by atoms with Crippen molar-refractivity contribution in [3.8, 4) is 11.3 Å². The van der Waals surface area contributed by atoms with Gasteiger partial charge in [-0.05, 0) is 0 Å². The van der Waals surface area contributed by atoms with Crippen LogP contribution in [0, 0.1) is 0 Å². The smallest absolute Gasteiger partial charge is 0.255 e. The van der Waals surface area contributed by atoms with E-state index in [1.807, 2.05) is 36.5 Å². The van der Waals surface area contributed by atoms with E-state index < -0.39 is 0 Å². The van der Waals surface area contributed by atoms with Gasteiger partial charge in [-0.3, -0.25) is 4.79 Å². The lowest BCUT2D eigenvalue weighted by atomic mass is 10.1. The van der Waals surface area contributed by atoms with Crippen molar-refractivity contribution in [2.45, 2.75) is 18.2 Å². The SMILES string of the molecule is Nc1ncc(C(=O)NCc2cn3c(n2)SCC3)c(-c2ccccc2)n1. The molecule has 0 spiro atoms. The Bertz CT molecular complexity index is 903. The maximum atomic E-state index is 12.6. The third kappa shape index (κ3) is 3.20. The Morgan fingerprint density at radius 1 is 1.28 bits per heavy atom. The minimum atomic E-state index is -0.250. The number of aryl methyl sites for hydroxylation is 1. The van der Waals surface area contributed by atoms with Crippen LogP contribution in [0.15, 0.2) is 47.9 Å². The molecule has 3 heterocycles. The summed E-state index contributed by atoms with van der Waals surface area (Å²) < 4.78 is 2.11. The Kier molecular flexibility index (Phi) is 4.10. The van der Waals surface area contributed by atoms with Crippen LogP contribution in [-0.4, -0.2) is 31.2 Å². The summed E-state index contributed by atoms with van der Waals surface area (Å²) in [5.41, 5.74) is 8.27. The van der Waals surface area contributed by atoms with Gasteiger partial charge in [0.15, 0.2) is 5.16 Å². The second-order valence-electron chi connectivity index (χ2n) is 5.60. The molecule has 0 saturated heterocycles. The number of hydrogen-bond acceptors (Lipinski definition) is 6. The molecule has 8 heteroatoms. The largest absolute Gasteiger partial charge is 0.368 e. The molecule has 4 rings (SSSR count). The van der Waals surface area contributed by atoms with Crippen LogP contribution in [0.1, 0.15) is 16.1 Å². The summed E-state index contributed by atoms with van der Waals surface area (Å²) >= 11 is 1.73. The molecule has 25 heavy (non-hydrogen) atoms. The number of aromatic nitrogens is 4. The summed E-state index contributed by atoms with van der Waals surface area (Å²) in [5, 5.41) is 3.89. The lowest BCUT2D eigenvalue weighted by Crippen LogP contribution is -2.24. The number of rotatable bonds is 4. The van der Waals surface area contributed by atoms with Crippen LogP contribution in [0.5, 0.6) is 0 Å². The molecule has 1 amide bonds. The van der Waals surface area contributed by atoms with Crippen LogP contribution in [0.4, 0.5) is 5.95 Å². The van der Waals surface area contributed by atoms with Crippen LogP contribution in [0.2, 0.25) is 0 Å². The first-order valence-electron chi connectivity index (χ1n) is 7.86. The second kappa shape index (κ2) is 6.56. The van der Waals surface area contributed by atoms with E-state index in [0.29, 0.717) is 17.8 Å². The number of nitrogens with one attached hydrogen (secondary N) is 1. The maximum absolute atomic E-state index is 12.6. The van der Waals surface area contributed by atoms with Crippen molar-refractivity contribution in [3.63, 3.8) is 0 Å². The molecule has 126 valence electrons. The topological polar surface area (TPSA) is 98.7 Å². The summed E-state index contributed by atoms with van der Waals surface area (Å²) in [7, 11) is 0. The summed E-state index contributed by atoms with van der Waals surface area (Å²) in [6.45, 7) is 1.32. The van der Waals surface area contributed by atoms with Crippen molar-refractivity contribution in [2.75, 3.05) is 11.5 Å². The fraction of sp³-hybridized carbons (Fsp3) is 0.176. The number of thioether (sulfide) groups is 1. The van der Waals surface area contributed by atoms with Gasteiger partial charge in [-0.2, -0.15) is 0 Å². The lowest BCUT2D eigenvalue weighted by molar-refractivity contribution is 0.0950. The van der Waals surface area contributed by atoms with E-state index in [2.05, 4.69) is 24.8 Å². The van der Waals surface area contributed by atoms with Crippen molar-refractivity contribution < 1.29 is 4.79 Å². The Morgan fingerprint density at radius 2 is 2.12 bits per heavy atom. The molecule has 3 aromatic rings. The predicted octanol–water partition coefficient (Wildman–Crippen LogP) is 1.96.